The molecule has 1 unspecified atom stereocenters. The highest BCUT2D eigenvalue weighted by Crippen LogP contribution is 2.18. The van der Waals surface area contributed by atoms with Crippen LogP contribution in [0, 0.1) is 12.8 Å². The molecule has 5 nitrogen and oxygen atoms in total. The van der Waals surface area contributed by atoms with Crippen LogP contribution in [0.25, 0.3) is 11.0 Å². The monoisotopic (exact) mass is 258 g/mol. The fourth-order valence-electron chi connectivity index (χ4n) is 1.94. The molecule has 100 valence electrons. The lowest BCUT2D eigenvalue weighted by atomic mass is 10.0. The van der Waals surface area contributed by atoms with Crippen molar-refractivity contribution in [3.8, 4) is 0 Å². The fourth-order valence-corrected chi connectivity index (χ4v) is 1.94. The third kappa shape index (κ3) is 2.81. The zero-order valence-corrected chi connectivity index (χ0v) is 11.3. The molecule has 1 aromatic heterocycles. The number of nitrogens with one attached hydrogen (secondary N) is 1. The Balaban J connectivity index is 2.39. The van der Waals surface area contributed by atoms with Gasteiger partial charge in [0.05, 0.1) is 16.7 Å². The predicted molar refractivity (Wildman–Crippen MR) is 75.7 cm³/mol. The highest BCUT2D eigenvalue weighted by atomic mass is 16.1. The van der Waals surface area contributed by atoms with Crippen molar-refractivity contribution >= 4 is 22.8 Å². The van der Waals surface area contributed by atoms with E-state index in [1.807, 2.05) is 45.0 Å². The number of aryl methyl sites for hydroxylation is 1. The Morgan fingerprint density at radius 1 is 1.21 bits per heavy atom. The van der Waals surface area contributed by atoms with E-state index >= 15 is 0 Å². The zero-order valence-electron chi connectivity index (χ0n) is 11.3. The lowest BCUT2D eigenvalue weighted by Crippen LogP contribution is -2.40. The number of anilines is 1. The van der Waals surface area contributed by atoms with Crippen LogP contribution in [0.3, 0.4) is 0 Å². The van der Waals surface area contributed by atoms with Crippen molar-refractivity contribution in [3.05, 3.63) is 30.0 Å². The molecule has 5 heteroatoms. The molecule has 0 aliphatic rings. The van der Waals surface area contributed by atoms with E-state index in [4.69, 9.17) is 5.73 Å². The molecule has 0 bridgehead atoms. The largest absolute Gasteiger partial charge is 0.368 e. The minimum Gasteiger partial charge on any atom is -0.368 e. The zero-order chi connectivity index (χ0) is 14.0. The normalized spacial score (nSPS) is 12.6. The van der Waals surface area contributed by atoms with E-state index in [-0.39, 0.29) is 11.8 Å². The topological polar surface area (TPSA) is 80.9 Å². The number of para-hydroxylation sites is 2. The number of rotatable bonds is 4. The maximum absolute atomic E-state index is 11.4. The molecule has 0 saturated heterocycles. The summed E-state index contributed by atoms with van der Waals surface area (Å²) in [5, 5.41) is 3.09. The Morgan fingerprint density at radius 3 is 2.32 bits per heavy atom. The molecule has 0 fully saturated rings. The maximum atomic E-state index is 11.4. The number of primary amides is 1. The third-order valence-electron chi connectivity index (χ3n) is 3.01. The minimum atomic E-state index is -0.450. The van der Waals surface area contributed by atoms with Gasteiger partial charge in [-0.1, -0.05) is 26.0 Å². The molecule has 1 heterocycles. The summed E-state index contributed by atoms with van der Waals surface area (Å²) >= 11 is 0. The second kappa shape index (κ2) is 5.22. The third-order valence-corrected chi connectivity index (χ3v) is 3.01. The highest BCUT2D eigenvalue weighted by Gasteiger charge is 2.20. The fraction of sp³-hybridized carbons (Fsp3) is 0.357. The summed E-state index contributed by atoms with van der Waals surface area (Å²) in [5.74, 6) is 0.311. The van der Waals surface area contributed by atoms with Gasteiger partial charge in [0.2, 0.25) is 5.91 Å². The van der Waals surface area contributed by atoms with Crippen molar-refractivity contribution in [2.24, 2.45) is 11.7 Å². The molecule has 3 N–H and O–H groups in total. The number of carbonyl (C=O) groups is 1. The second-order valence-corrected chi connectivity index (χ2v) is 4.91. The Morgan fingerprint density at radius 2 is 1.79 bits per heavy atom. The number of benzene rings is 1. The SMILES string of the molecule is Cc1nc2ccccc2nc1NC(C(N)=O)C(C)C. The quantitative estimate of drug-likeness (QED) is 0.877. The number of aromatic nitrogens is 2. The summed E-state index contributed by atoms with van der Waals surface area (Å²) in [7, 11) is 0. The first kappa shape index (κ1) is 13.3. The Labute approximate surface area is 112 Å². The number of carbonyl (C=O) groups excluding carboxylic acids is 1. The van der Waals surface area contributed by atoms with Gasteiger partial charge in [0.15, 0.2) is 0 Å². The maximum Gasteiger partial charge on any atom is 0.240 e. The van der Waals surface area contributed by atoms with Crippen LogP contribution in [-0.4, -0.2) is 21.9 Å². The van der Waals surface area contributed by atoms with E-state index in [9.17, 15) is 4.79 Å². The van der Waals surface area contributed by atoms with Gasteiger partial charge in [-0.3, -0.25) is 4.79 Å². The molecular formula is C14H18N4O. The first-order valence-electron chi connectivity index (χ1n) is 6.28. The minimum absolute atomic E-state index is 0.0881. The number of fused-ring (bicyclic) bond motifs is 1. The summed E-state index contributed by atoms with van der Waals surface area (Å²) in [5.41, 5.74) is 7.79. The van der Waals surface area contributed by atoms with Crippen LogP contribution >= 0.6 is 0 Å². The van der Waals surface area contributed by atoms with Crippen molar-refractivity contribution in [3.63, 3.8) is 0 Å². The van der Waals surface area contributed by atoms with Crippen LogP contribution in [-0.2, 0) is 4.79 Å². The van der Waals surface area contributed by atoms with E-state index in [0.29, 0.717) is 5.82 Å². The van der Waals surface area contributed by atoms with Gasteiger partial charge in [-0.15, -0.1) is 0 Å². The number of amides is 1. The van der Waals surface area contributed by atoms with Gasteiger partial charge >= 0.3 is 0 Å². The molecule has 19 heavy (non-hydrogen) atoms. The highest BCUT2D eigenvalue weighted by molar-refractivity contribution is 5.84. The molecule has 1 aromatic carbocycles. The van der Waals surface area contributed by atoms with Crippen LogP contribution in [0.4, 0.5) is 5.82 Å². The summed E-state index contributed by atoms with van der Waals surface area (Å²) in [6, 6.07) is 7.18. The summed E-state index contributed by atoms with van der Waals surface area (Å²) in [6.45, 7) is 5.73. The first-order chi connectivity index (χ1) is 8.99. The molecule has 0 saturated carbocycles. The van der Waals surface area contributed by atoms with E-state index in [0.717, 1.165) is 16.7 Å². The lowest BCUT2D eigenvalue weighted by molar-refractivity contribution is -0.119. The van der Waals surface area contributed by atoms with Crippen molar-refractivity contribution in [2.45, 2.75) is 26.8 Å². The molecule has 1 atom stereocenters. The van der Waals surface area contributed by atoms with Crippen LogP contribution in [0.5, 0.6) is 0 Å². The van der Waals surface area contributed by atoms with E-state index in [1.54, 1.807) is 0 Å². The summed E-state index contributed by atoms with van der Waals surface area (Å²) in [4.78, 5) is 20.4. The van der Waals surface area contributed by atoms with Gasteiger partial charge in [-0.2, -0.15) is 0 Å². The van der Waals surface area contributed by atoms with Gasteiger partial charge in [0.25, 0.3) is 0 Å². The molecule has 0 spiro atoms. The summed E-state index contributed by atoms with van der Waals surface area (Å²) in [6.07, 6.45) is 0. The van der Waals surface area contributed by atoms with Gasteiger partial charge in [0, 0.05) is 0 Å². The number of nitrogens with zero attached hydrogens (tertiary/aromatic N) is 2. The van der Waals surface area contributed by atoms with Gasteiger partial charge < -0.3 is 11.1 Å². The Kier molecular flexibility index (Phi) is 3.64. The van der Waals surface area contributed by atoms with Crippen molar-refractivity contribution in [1.29, 1.82) is 0 Å². The Bertz CT molecular complexity index is 609. The number of hydrogen-bond donors (Lipinski definition) is 2. The summed E-state index contributed by atoms with van der Waals surface area (Å²) < 4.78 is 0. The van der Waals surface area contributed by atoms with Gasteiger partial charge in [-0.05, 0) is 25.0 Å². The first-order valence-corrected chi connectivity index (χ1v) is 6.28. The molecule has 2 rings (SSSR count). The molecular weight excluding hydrogens is 240 g/mol. The van der Waals surface area contributed by atoms with Crippen molar-refractivity contribution in [2.75, 3.05) is 5.32 Å². The van der Waals surface area contributed by atoms with E-state index < -0.39 is 6.04 Å². The van der Waals surface area contributed by atoms with Crippen LogP contribution in [0.15, 0.2) is 24.3 Å². The van der Waals surface area contributed by atoms with Crippen LogP contribution < -0.4 is 11.1 Å². The molecule has 1 amide bonds. The van der Waals surface area contributed by atoms with E-state index in [2.05, 4.69) is 15.3 Å². The average molecular weight is 258 g/mol. The molecule has 0 aliphatic carbocycles. The molecule has 2 aromatic rings. The van der Waals surface area contributed by atoms with Gasteiger partial charge in [0.1, 0.15) is 11.9 Å². The van der Waals surface area contributed by atoms with Crippen LogP contribution in [0.2, 0.25) is 0 Å². The van der Waals surface area contributed by atoms with Crippen molar-refractivity contribution in [1.82, 2.24) is 9.97 Å². The standard InChI is InChI=1S/C14H18N4O/c1-8(2)12(13(15)19)18-14-9(3)16-10-6-4-5-7-11(10)17-14/h4-8,12H,1-3H3,(H2,15,19)(H,17,18). The Hall–Kier alpha value is -2.17. The second-order valence-electron chi connectivity index (χ2n) is 4.91. The van der Waals surface area contributed by atoms with Gasteiger partial charge in [-0.25, -0.2) is 9.97 Å². The molecule has 0 radical (unpaired) electrons. The molecule has 0 aliphatic heterocycles. The number of hydrogen-bond acceptors (Lipinski definition) is 4. The van der Waals surface area contributed by atoms with E-state index in [1.165, 1.54) is 0 Å². The van der Waals surface area contributed by atoms with Crippen molar-refractivity contribution < 1.29 is 4.79 Å². The average Bonchev–Trinajstić information content (AvgIpc) is 2.35. The number of nitrogens with two attached hydrogens (primary N) is 1. The smallest absolute Gasteiger partial charge is 0.240 e. The lowest BCUT2D eigenvalue weighted by Gasteiger charge is -2.20. The van der Waals surface area contributed by atoms with Crippen LogP contribution in [0.1, 0.15) is 19.5 Å². The predicted octanol–water partition coefficient (Wildman–Crippen LogP) is 1.86.